The lowest BCUT2D eigenvalue weighted by molar-refractivity contribution is -0.120. The molecule has 2 amide bonds. The lowest BCUT2D eigenvalue weighted by atomic mass is 9.89. The summed E-state index contributed by atoms with van der Waals surface area (Å²) in [6.45, 7) is 2.83. The Morgan fingerprint density at radius 2 is 1.74 bits per heavy atom. The van der Waals surface area contributed by atoms with Crippen molar-refractivity contribution in [1.29, 1.82) is 0 Å². The summed E-state index contributed by atoms with van der Waals surface area (Å²) < 4.78 is 42.7. The van der Waals surface area contributed by atoms with Crippen LogP contribution in [0.4, 0.5) is 15.9 Å². The number of benzene rings is 2. The van der Waals surface area contributed by atoms with E-state index in [1.807, 2.05) is 13.0 Å². The third-order valence-electron chi connectivity index (χ3n) is 7.65. The van der Waals surface area contributed by atoms with Gasteiger partial charge in [0, 0.05) is 31.3 Å². The van der Waals surface area contributed by atoms with Gasteiger partial charge >= 0.3 is 0 Å². The number of carbonyl (C=O) groups is 2. The van der Waals surface area contributed by atoms with E-state index in [-0.39, 0.29) is 40.6 Å². The molecular formula is C29H28ClFN6O4S. The van der Waals surface area contributed by atoms with E-state index >= 15 is 0 Å². The van der Waals surface area contributed by atoms with Gasteiger partial charge in [0.15, 0.2) is 10.7 Å². The summed E-state index contributed by atoms with van der Waals surface area (Å²) in [5, 5.41) is 7.43. The molecule has 218 valence electrons. The predicted octanol–water partition coefficient (Wildman–Crippen LogP) is 4.81. The van der Waals surface area contributed by atoms with Crippen molar-refractivity contribution in [3.8, 4) is 0 Å². The van der Waals surface area contributed by atoms with E-state index in [9.17, 15) is 22.4 Å². The van der Waals surface area contributed by atoms with E-state index < -0.39 is 21.0 Å². The molecule has 2 aliphatic rings. The fourth-order valence-electron chi connectivity index (χ4n) is 5.12. The third kappa shape index (κ3) is 5.68. The first-order valence-electron chi connectivity index (χ1n) is 13.6. The zero-order valence-corrected chi connectivity index (χ0v) is 24.3. The van der Waals surface area contributed by atoms with E-state index in [1.165, 1.54) is 28.9 Å². The van der Waals surface area contributed by atoms with E-state index in [0.29, 0.717) is 49.5 Å². The highest BCUT2D eigenvalue weighted by molar-refractivity contribution is 7.90. The third-order valence-corrected chi connectivity index (χ3v) is 9.20. The van der Waals surface area contributed by atoms with Crippen molar-refractivity contribution in [1.82, 2.24) is 24.2 Å². The summed E-state index contributed by atoms with van der Waals surface area (Å²) in [7, 11) is -4.26. The maximum absolute atomic E-state index is 13.9. The van der Waals surface area contributed by atoms with E-state index in [4.69, 9.17) is 11.6 Å². The van der Waals surface area contributed by atoms with Gasteiger partial charge in [0.05, 0.1) is 10.7 Å². The van der Waals surface area contributed by atoms with Gasteiger partial charge in [-0.2, -0.15) is 18.0 Å². The molecule has 0 radical (unpaired) electrons. The first-order valence-corrected chi connectivity index (χ1v) is 15.5. The molecule has 0 spiro atoms. The van der Waals surface area contributed by atoms with Gasteiger partial charge in [-0.25, -0.2) is 14.1 Å². The van der Waals surface area contributed by atoms with E-state index in [1.54, 1.807) is 29.2 Å². The Morgan fingerprint density at radius 1 is 1.02 bits per heavy atom. The van der Waals surface area contributed by atoms with Crippen LogP contribution in [-0.4, -0.2) is 52.8 Å². The Balaban J connectivity index is 1.34. The number of hydrogen-bond acceptors (Lipinski definition) is 7. The normalized spacial score (nSPS) is 16.0. The van der Waals surface area contributed by atoms with Crippen LogP contribution in [0.5, 0.6) is 0 Å². The van der Waals surface area contributed by atoms with Gasteiger partial charge in [-0.05, 0) is 73.9 Å². The highest BCUT2D eigenvalue weighted by atomic mass is 35.5. The van der Waals surface area contributed by atoms with Crippen LogP contribution in [0.25, 0.3) is 5.65 Å². The fraction of sp³-hybridized carbons (Fsp3) is 0.310. The number of nitrogens with zero attached hydrogens (tertiary/aromatic N) is 4. The molecule has 42 heavy (non-hydrogen) atoms. The Kier molecular flexibility index (Phi) is 7.36. The smallest absolute Gasteiger partial charge is 0.283 e. The topological polar surface area (TPSA) is 126 Å². The lowest BCUT2D eigenvalue weighted by Gasteiger charge is -2.32. The summed E-state index contributed by atoms with van der Waals surface area (Å²) in [5.41, 5.74) is 2.77. The molecular weight excluding hydrogens is 583 g/mol. The van der Waals surface area contributed by atoms with Gasteiger partial charge in [0.25, 0.3) is 15.9 Å². The van der Waals surface area contributed by atoms with Crippen molar-refractivity contribution in [2.45, 2.75) is 43.6 Å². The second-order valence-corrected chi connectivity index (χ2v) is 12.8. The van der Waals surface area contributed by atoms with Crippen molar-refractivity contribution in [2.75, 3.05) is 18.4 Å². The predicted molar refractivity (Wildman–Crippen MR) is 155 cm³/mol. The van der Waals surface area contributed by atoms with Crippen LogP contribution in [0.2, 0.25) is 5.02 Å². The number of sulfonamides is 1. The molecule has 6 rings (SSSR count). The Morgan fingerprint density at radius 3 is 2.43 bits per heavy atom. The number of nitrogens with one attached hydrogen (secondary N) is 2. The Hall–Kier alpha value is -4.03. The van der Waals surface area contributed by atoms with Crippen molar-refractivity contribution >= 4 is 50.6 Å². The number of fused-ring (bicyclic) bond motifs is 1. The van der Waals surface area contributed by atoms with Crippen LogP contribution in [0, 0.1) is 18.7 Å². The Bertz CT molecular complexity index is 1800. The molecule has 0 bridgehead atoms. The van der Waals surface area contributed by atoms with Gasteiger partial charge in [-0.1, -0.05) is 29.8 Å². The van der Waals surface area contributed by atoms with Gasteiger partial charge in [0.1, 0.15) is 17.2 Å². The number of carbonyl (C=O) groups excluding carboxylic acids is 2. The number of halogens is 2. The molecule has 1 saturated carbocycles. The molecule has 1 saturated heterocycles. The Labute approximate surface area is 246 Å². The molecule has 2 fully saturated rings. The molecule has 2 aromatic carbocycles. The van der Waals surface area contributed by atoms with Crippen LogP contribution >= 0.6 is 11.6 Å². The second-order valence-electron chi connectivity index (χ2n) is 10.7. The van der Waals surface area contributed by atoms with Crippen LogP contribution < -0.4 is 10.0 Å². The van der Waals surface area contributed by atoms with Crippen LogP contribution in [0.3, 0.4) is 0 Å². The number of anilines is 2. The van der Waals surface area contributed by atoms with Crippen molar-refractivity contribution in [3.63, 3.8) is 0 Å². The largest absolute Gasteiger partial charge is 0.338 e. The molecule has 13 heteroatoms. The molecule has 0 unspecified atom stereocenters. The minimum atomic E-state index is -4.26. The maximum atomic E-state index is 13.9. The zero-order valence-electron chi connectivity index (χ0n) is 22.7. The van der Waals surface area contributed by atoms with Crippen LogP contribution in [0.15, 0.2) is 59.8 Å². The van der Waals surface area contributed by atoms with Gasteiger partial charge in [-0.3, -0.25) is 9.59 Å². The number of rotatable bonds is 7. The summed E-state index contributed by atoms with van der Waals surface area (Å²) in [5.74, 6) is -1.09. The number of aromatic nitrogens is 3. The molecule has 2 aromatic heterocycles. The SMILES string of the molecule is Cc1ccc(Cl)c(Nc2c(C(=O)N3CCC(c4ccc(F)cc4)CC3)cnc3cc(S(=O)(=O)NC(=O)C4CC4)nn23)c1. The first kappa shape index (κ1) is 28.1. The lowest BCUT2D eigenvalue weighted by Crippen LogP contribution is -2.38. The van der Waals surface area contributed by atoms with Gasteiger partial charge < -0.3 is 10.2 Å². The highest BCUT2D eigenvalue weighted by Gasteiger charge is 2.34. The monoisotopic (exact) mass is 610 g/mol. The van der Waals surface area contributed by atoms with Crippen molar-refractivity contribution in [3.05, 3.63) is 82.3 Å². The van der Waals surface area contributed by atoms with Crippen LogP contribution in [-0.2, 0) is 14.8 Å². The number of likely N-dealkylation sites (tertiary alicyclic amines) is 1. The van der Waals surface area contributed by atoms with Gasteiger partial charge in [0.2, 0.25) is 5.91 Å². The molecule has 1 aliphatic carbocycles. The number of hydrogen-bond donors (Lipinski definition) is 2. The van der Waals surface area contributed by atoms with E-state index in [2.05, 4.69) is 20.1 Å². The number of aryl methyl sites for hydroxylation is 1. The average molecular weight is 611 g/mol. The number of amides is 2. The molecule has 1 aliphatic heterocycles. The van der Waals surface area contributed by atoms with Crippen LogP contribution in [0.1, 0.15) is 53.1 Å². The molecule has 3 heterocycles. The minimum Gasteiger partial charge on any atom is -0.338 e. The molecule has 2 N–H and O–H groups in total. The standard InChI is InChI=1S/C29H28ClFN6O4S/c1-17-2-9-23(30)24(14-17)33-27-22(29(39)36-12-10-19(11-13-36)18-5-7-21(31)8-6-18)16-32-25-15-26(34-37(25)27)42(40,41)35-28(38)20-3-4-20/h2,5-9,14-16,19-20,33H,3-4,10-13H2,1H3,(H,35,38). The van der Waals surface area contributed by atoms with Gasteiger partial charge in [-0.15, -0.1) is 0 Å². The van der Waals surface area contributed by atoms with Crippen molar-refractivity contribution in [2.24, 2.45) is 5.92 Å². The summed E-state index contributed by atoms with van der Waals surface area (Å²) in [6, 6.07) is 13.0. The zero-order chi connectivity index (χ0) is 29.6. The molecule has 10 nitrogen and oxygen atoms in total. The summed E-state index contributed by atoms with van der Waals surface area (Å²) in [4.78, 5) is 32.1. The second kappa shape index (κ2) is 11.0. The quantitative estimate of drug-likeness (QED) is 0.308. The molecule has 0 atom stereocenters. The van der Waals surface area contributed by atoms with E-state index in [0.717, 1.165) is 11.1 Å². The summed E-state index contributed by atoms with van der Waals surface area (Å²) in [6.07, 6.45) is 4.07. The number of piperidine rings is 1. The summed E-state index contributed by atoms with van der Waals surface area (Å²) >= 11 is 6.46. The fourth-order valence-corrected chi connectivity index (χ4v) is 6.27. The maximum Gasteiger partial charge on any atom is 0.283 e. The van der Waals surface area contributed by atoms with Crippen molar-refractivity contribution < 1.29 is 22.4 Å². The minimum absolute atomic E-state index is 0.159. The molecule has 4 aromatic rings. The average Bonchev–Trinajstić information content (AvgIpc) is 3.73. The highest BCUT2D eigenvalue weighted by Crippen LogP contribution is 2.33. The first-order chi connectivity index (χ1) is 20.1.